The van der Waals surface area contributed by atoms with Crippen molar-refractivity contribution < 1.29 is 0 Å². The lowest BCUT2D eigenvalue weighted by molar-refractivity contribution is 0.786. The van der Waals surface area contributed by atoms with Crippen LogP contribution >= 0.6 is 22.6 Å². The van der Waals surface area contributed by atoms with Gasteiger partial charge in [-0.15, -0.1) is 9.81 Å². The Labute approximate surface area is 133 Å². The van der Waals surface area contributed by atoms with E-state index in [4.69, 9.17) is 0 Å². The zero-order valence-corrected chi connectivity index (χ0v) is 15.0. The second-order valence-corrected chi connectivity index (χ2v) is 7.54. The molecule has 0 fully saturated rings. The van der Waals surface area contributed by atoms with Crippen LogP contribution in [-0.4, -0.2) is 0 Å². The third-order valence-corrected chi connectivity index (χ3v) is 4.17. The van der Waals surface area contributed by atoms with Gasteiger partial charge in [-0.05, 0) is 58.3 Å². The van der Waals surface area contributed by atoms with Crippen LogP contribution in [0.5, 0.6) is 0 Å². The van der Waals surface area contributed by atoms with Crippen molar-refractivity contribution in [3.05, 3.63) is 32.1 Å². The smallest absolute Gasteiger partial charge is 0.116 e. The van der Waals surface area contributed by atoms with Crippen LogP contribution in [0, 0.1) is 16.7 Å². The maximum Gasteiger partial charge on any atom is 0.116 e. The molecule has 0 N–H and O–H groups in total. The predicted octanol–water partition coefficient (Wildman–Crippen LogP) is 6.53. The van der Waals surface area contributed by atoms with Gasteiger partial charge in [0.2, 0.25) is 0 Å². The van der Waals surface area contributed by atoms with E-state index in [2.05, 4.69) is 32.9 Å². The van der Waals surface area contributed by atoms with E-state index in [1.807, 2.05) is 41.5 Å². The van der Waals surface area contributed by atoms with Gasteiger partial charge in [-0.2, -0.15) is 0 Å². The highest BCUT2D eigenvalue weighted by molar-refractivity contribution is 14.1. The Hall–Kier alpha value is -0.850. The Morgan fingerprint density at radius 1 is 0.800 bits per heavy atom. The van der Waals surface area contributed by atoms with Gasteiger partial charge in [0.05, 0.1) is 0 Å². The van der Waals surface area contributed by atoms with Crippen LogP contribution < -0.4 is 0 Å². The van der Waals surface area contributed by atoms with Crippen molar-refractivity contribution in [1.82, 2.24) is 0 Å². The first-order valence-corrected chi connectivity index (χ1v) is 8.03. The minimum absolute atomic E-state index is 0.0968. The first kappa shape index (κ1) is 17.2. The van der Waals surface area contributed by atoms with Crippen LogP contribution in [-0.2, 0) is 0 Å². The van der Waals surface area contributed by atoms with E-state index in [1.54, 1.807) is 0 Å². The highest BCUT2D eigenvalue weighted by atomic mass is 127. The molecule has 20 heavy (non-hydrogen) atoms. The monoisotopic (exact) mass is 388 g/mol. The molecule has 1 unspecified atom stereocenters. The van der Waals surface area contributed by atoms with Crippen molar-refractivity contribution in [3.8, 4) is 0 Å². The standard InChI is InChI=1S/C15H21IN2O2/c1-7(2)11-12(8(3)4)15(18-20)13(10(6)16)9(5)14(11)17-19/h7-8,10H,1-6H3. The Bertz CT molecular complexity index is 537. The van der Waals surface area contributed by atoms with E-state index in [-0.39, 0.29) is 15.8 Å². The minimum atomic E-state index is 0.0968. The lowest BCUT2D eigenvalue weighted by Gasteiger charge is -2.24. The van der Waals surface area contributed by atoms with E-state index in [0.717, 1.165) is 22.3 Å². The lowest BCUT2D eigenvalue weighted by Crippen LogP contribution is -2.05. The van der Waals surface area contributed by atoms with Crippen molar-refractivity contribution in [2.75, 3.05) is 0 Å². The fourth-order valence-electron chi connectivity index (χ4n) is 2.78. The fraction of sp³-hybridized carbons (Fsp3) is 0.600. The number of alkyl halides is 1. The van der Waals surface area contributed by atoms with Gasteiger partial charge < -0.3 is 0 Å². The summed E-state index contributed by atoms with van der Waals surface area (Å²) in [6.07, 6.45) is 0. The maximum absolute atomic E-state index is 11.4. The number of nitroso groups, excluding NO2 is 2. The summed E-state index contributed by atoms with van der Waals surface area (Å²) < 4.78 is 0.0968. The van der Waals surface area contributed by atoms with Gasteiger partial charge in [-0.1, -0.05) is 50.3 Å². The molecule has 0 aliphatic rings. The molecule has 110 valence electrons. The molecule has 5 heteroatoms. The molecule has 4 nitrogen and oxygen atoms in total. The minimum Gasteiger partial charge on any atom is -0.145 e. The largest absolute Gasteiger partial charge is 0.145 e. The van der Waals surface area contributed by atoms with Crippen molar-refractivity contribution in [2.24, 2.45) is 10.4 Å². The van der Waals surface area contributed by atoms with E-state index in [1.165, 1.54) is 0 Å². The zero-order chi connectivity index (χ0) is 15.6. The average Bonchev–Trinajstić information content (AvgIpc) is 2.35. The molecular weight excluding hydrogens is 367 g/mol. The normalized spacial score (nSPS) is 12.8. The predicted molar refractivity (Wildman–Crippen MR) is 92.7 cm³/mol. The number of nitrogens with zero attached hydrogens (tertiary/aromatic N) is 2. The molecule has 0 saturated carbocycles. The Morgan fingerprint density at radius 3 is 1.50 bits per heavy atom. The number of halogens is 1. The Balaban J connectivity index is 4.00. The molecular formula is C15H21IN2O2. The number of hydrogen-bond acceptors (Lipinski definition) is 4. The summed E-state index contributed by atoms with van der Waals surface area (Å²) >= 11 is 2.24. The molecule has 1 rings (SSSR count). The van der Waals surface area contributed by atoms with Crippen LogP contribution in [0.2, 0.25) is 0 Å². The summed E-state index contributed by atoms with van der Waals surface area (Å²) in [6, 6.07) is 0. The summed E-state index contributed by atoms with van der Waals surface area (Å²) in [6.45, 7) is 11.9. The number of hydrogen-bond donors (Lipinski definition) is 0. The van der Waals surface area contributed by atoms with Crippen molar-refractivity contribution in [2.45, 2.75) is 57.3 Å². The molecule has 1 atom stereocenters. The molecule has 0 aliphatic carbocycles. The molecule has 0 amide bonds. The molecule has 0 aromatic heterocycles. The van der Waals surface area contributed by atoms with Gasteiger partial charge in [0, 0.05) is 3.92 Å². The molecule has 1 aromatic carbocycles. The molecule has 0 spiro atoms. The fourth-order valence-corrected chi connectivity index (χ4v) is 3.54. The van der Waals surface area contributed by atoms with Crippen molar-refractivity contribution >= 4 is 34.0 Å². The highest BCUT2D eigenvalue weighted by Gasteiger charge is 2.27. The first-order valence-electron chi connectivity index (χ1n) is 6.78. The summed E-state index contributed by atoms with van der Waals surface area (Å²) in [4.78, 5) is 22.8. The Kier molecular flexibility index (Phi) is 5.79. The highest BCUT2D eigenvalue weighted by Crippen LogP contribution is 2.48. The van der Waals surface area contributed by atoms with Crippen LogP contribution in [0.15, 0.2) is 10.4 Å². The second-order valence-electron chi connectivity index (χ2n) is 5.67. The second kappa shape index (κ2) is 6.74. The SMILES string of the molecule is Cc1c(N=O)c(C(C)C)c(C(C)C)c(N=O)c1C(C)I. The van der Waals surface area contributed by atoms with Gasteiger partial charge in [0.1, 0.15) is 11.4 Å². The van der Waals surface area contributed by atoms with E-state index < -0.39 is 0 Å². The molecule has 0 saturated heterocycles. The van der Waals surface area contributed by atoms with Gasteiger partial charge >= 0.3 is 0 Å². The Morgan fingerprint density at radius 2 is 1.20 bits per heavy atom. The summed E-state index contributed by atoms with van der Waals surface area (Å²) in [7, 11) is 0. The van der Waals surface area contributed by atoms with Crippen molar-refractivity contribution in [1.29, 1.82) is 0 Å². The lowest BCUT2D eigenvalue weighted by atomic mass is 9.83. The van der Waals surface area contributed by atoms with Crippen LogP contribution in [0.25, 0.3) is 0 Å². The van der Waals surface area contributed by atoms with Gasteiger partial charge in [0.15, 0.2) is 0 Å². The molecule has 1 aromatic rings. The van der Waals surface area contributed by atoms with Gasteiger partial charge in [0.25, 0.3) is 0 Å². The van der Waals surface area contributed by atoms with Crippen LogP contribution in [0.4, 0.5) is 11.4 Å². The van der Waals surface area contributed by atoms with Gasteiger partial charge in [-0.25, -0.2) is 0 Å². The molecule has 0 aliphatic heterocycles. The quantitative estimate of drug-likeness (QED) is 0.327. The maximum atomic E-state index is 11.4. The van der Waals surface area contributed by atoms with E-state index >= 15 is 0 Å². The number of rotatable bonds is 5. The van der Waals surface area contributed by atoms with Crippen LogP contribution in [0.1, 0.15) is 72.6 Å². The molecule has 0 radical (unpaired) electrons. The summed E-state index contributed by atoms with van der Waals surface area (Å²) in [5.74, 6) is 0.243. The average molecular weight is 388 g/mol. The first-order chi connectivity index (χ1) is 9.27. The van der Waals surface area contributed by atoms with Crippen LogP contribution in [0.3, 0.4) is 0 Å². The molecule has 0 heterocycles. The van der Waals surface area contributed by atoms with Crippen molar-refractivity contribution in [3.63, 3.8) is 0 Å². The summed E-state index contributed by atoms with van der Waals surface area (Å²) in [5, 5.41) is 6.55. The topological polar surface area (TPSA) is 58.9 Å². The third-order valence-electron chi connectivity index (χ3n) is 3.55. The van der Waals surface area contributed by atoms with E-state index in [9.17, 15) is 9.81 Å². The third kappa shape index (κ3) is 2.92. The summed E-state index contributed by atoms with van der Waals surface area (Å²) in [5.41, 5.74) is 4.33. The molecule has 0 bridgehead atoms. The van der Waals surface area contributed by atoms with E-state index in [0.29, 0.717) is 11.4 Å². The number of benzene rings is 1. The zero-order valence-electron chi connectivity index (χ0n) is 12.8. The van der Waals surface area contributed by atoms with Gasteiger partial charge in [-0.3, -0.25) is 0 Å².